The Morgan fingerprint density at radius 3 is 1.00 bits per heavy atom. The quantitative estimate of drug-likeness (QED) is 0.372. The van der Waals surface area contributed by atoms with Gasteiger partial charge in [0, 0.05) is 33.6 Å². The fourth-order valence-electron chi connectivity index (χ4n) is 0. The van der Waals surface area contributed by atoms with Gasteiger partial charge in [0.05, 0.1) is 0 Å². The third kappa shape index (κ3) is 84.6. The molecule has 0 aliphatic carbocycles. The van der Waals surface area contributed by atoms with Crippen LogP contribution in [0.2, 0.25) is 0 Å². The smallest absolute Gasteiger partial charge is 0.402 e. The minimum Gasteiger partial charge on any atom is -0.402 e. The van der Waals surface area contributed by atoms with Crippen LogP contribution < -0.4 is 0 Å². The first-order valence-corrected chi connectivity index (χ1v) is 0.775. The number of rotatable bonds is 0. The van der Waals surface area contributed by atoms with E-state index in [2.05, 4.69) is 0 Å². The maximum atomic E-state index is 7.17. The Morgan fingerprint density at radius 1 is 1.00 bits per heavy atom. The van der Waals surface area contributed by atoms with E-state index in [9.17, 15) is 0 Å². The standard InChI is InChI=1S/BH3O3.Fe.Ni/c2-1(3)4;;/h2-4H;;. The van der Waals surface area contributed by atoms with Crippen molar-refractivity contribution < 1.29 is 48.6 Å². The minimum atomic E-state index is -2.17. The second kappa shape index (κ2) is 9.35. The summed E-state index contributed by atoms with van der Waals surface area (Å²) >= 11 is 0. The van der Waals surface area contributed by atoms with Gasteiger partial charge in [-0.25, -0.2) is 0 Å². The van der Waals surface area contributed by atoms with E-state index >= 15 is 0 Å². The Labute approximate surface area is 56.3 Å². The first kappa shape index (κ1) is 15.8. The van der Waals surface area contributed by atoms with Gasteiger partial charge < -0.3 is 15.1 Å². The van der Waals surface area contributed by atoms with Crippen LogP contribution in [0.15, 0.2) is 0 Å². The monoisotopic (exact) mass is 176 g/mol. The van der Waals surface area contributed by atoms with Crippen molar-refractivity contribution in [1.82, 2.24) is 0 Å². The molecule has 0 bridgehead atoms. The van der Waals surface area contributed by atoms with E-state index in [0.717, 1.165) is 0 Å². The molecule has 0 atom stereocenters. The summed E-state index contributed by atoms with van der Waals surface area (Å²) < 4.78 is 0. The van der Waals surface area contributed by atoms with E-state index in [0.29, 0.717) is 0 Å². The molecule has 0 fully saturated rings. The molecule has 0 unspecified atom stereocenters. The first-order chi connectivity index (χ1) is 1.73. The van der Waals surface area contributed by atoms with Crippen LogP contribution in [0.5, 0.6) is 0 Å². The van der Waals surface area contributed by atoms with Crippen molar-refractivity contribution in [3.05, 3.63) is 0 Å². The van der Waals surface area contributed by atoms with E-state index in [1.54, 1.807) is 0 Å². The zero-order chi connectivity index (χ0) is 3.58. The SMILES string of the molecule is OB(O)O.[Fe].[Ni]. The van der Waals surface area contributed by atoms with Gasteiger partial charge in [-0.1, -0.05) is 0 Å². The topological polar surface area (TPSA) is 60.7 Å². The molecule has 0 aliphatic rings. The Morgan fingerprint density at radius 2 is 1.00 bits per heavy atom. The van der Waals surface area contributed by atoms with Crippen LogP contribution in [0.4, 0.5) is 0 Å². The van der Waals surface area contributed by atoms with E-state index in [1.807, 2.05) is 0 Å². The fourth-order valence-corrected chi connectivity index (χ4v) is 0. The van der Waals surface area contributed by atoms with Crippen LogP contribution in [0.1, 0.15) is 0 Å². The van der Waals surface area contributed by atoms with Crippen LogP contribution in [0.25, 0.3) is 0 Å². The van der Waals surface area contributed by atoms with Crippen molar-refractivity contribution in [2.24, 2.45) is 0 Å². The largest absolute Gasteiger partial charge is 0.631 e. The number of hydrogen-bond acceptors (Lipinski definition) is 3. The predicted octanol–water partition coefficient (Wildman–Crippen LogP) is -2.06. The number of hydrogen-bond donors (Lipinski definition) is 3. The average Bonchev–Trinajstić information content (AvgIpc) is 0.811. The van der Waals surface area contributed by atoms with Crippen molar-refractivity contribution >= 4 is 7.32 Å². The summed E-state index contributed by atoms with van der Waals surface area (Å²) in [6.45, 7) is 0. The van der Waals surface area contributed by atoms with Crippen LogP contribution in [0, 0.1) is 0 Å². The van der Waals surface area contributed by atoms with Crippen molar-refractivity contribution in [1.29, 1.82) is 0 Å². The third-order valence-corrected chi connectivity index (χ3v) is 0. The second-order valence-corrected chi connectivity index (χ2v) is 0.346. The average molecular weight is 176 g/mol. The predicted molar refractivity (Wildman–Crippen MR) is 12.4 cm³/mol. The molecule has 0 radical (unpaired) electrons. The molecule has 6 heavy (non-hydrogen) atoms. The molecule has 0 aromatic rings. The molecule has 0 saturated carbocycles. The van der Waals surface area contributed by atoms with Gasteiger partial charge in [-0.05, 0) is 0 Å². The Bertz CT molecular complexity index is 15.5. The van der Waals surface area contributed by atoms with Crippen LogP contribution in [0.3, 0.4) is 0 Å². The molecule has 0 saturated heterocycles. The van der Waals surface area contributed by atoms with Gasteiger partial charge >= 0.3 is 7.32 Å². The van der Waals surface area contributed by atoms with Gasteiger partial charge in [-0.3, -0.25) is 0 Å². The van der Waals surface area contributed by atoms with Crippen LogP contribution in [-0.4, -0.2) is 22.4 Å². The summed E-state index contributed by atoms with van der Waals surface area (Å²) in [6.07, 6.45) is 0. The maximum absolute atomic E-state index is 7.17. The van der Waals surface area contributed by atoms with E-state index < -0.39 is 7.32 Å². The minimum absolute atomic E-state index is 0. The van der Waals surface area contributed by atoms with Crippen molar-refractivity contribution in [2.75, 3.05) is 0 Å². The third-order valence-electron chi connectivity index (χ3n) is 0. The first-order valence-electron chi connectivity index (χ1n) is 0.775. The van der Waals surface area contributed by atoms with E-state index in [1.165, 1.54) is 0 Å². The van der Waals surface area contributed by atoms with Gasteiger partial charge in [-0.2, -0.15) is 0 Å². The van der Waals surface area contributed by atoms with E-state index in [4.69, 9.17) is 15.1 Å². The van der Waals surface area contributed by atoms with E-state index in [-0.39, 0.29) is 33.6 Å². The van der Waals surface area contributed by atoms with Gasteiger partial charge in [0.2, 0.25) is 0 Å². The van der Waals surface area contributed by atoms with Gasteiger partial charge in [0.1, 0.15) is 0 Å². The molecule has 0 aromatic carbocycles. The zero-order valence-electron chi connectivity index (χ0n) is 2.59. The maximum Gasteiger partial charge on any atom is 0.631 e. The molecule has 42 valence electrons. The van der Waals surface area contributed by atoms with Crippen LogP contribution in [-0.2, 0) is 33.6 Å². The summed E-state index contributed by atoms with van der Waals surface area (Å²) in [7, 11) is -2.17. The molecule has 3 nitrogen and oxygen atoms in total. The summed E-state index contributed by atoms with van der Waals surface area (Å²) in [6, 6.07) is 0. The second-order valence-electron chi connectivity index (χ2n) is 0.346. The summed E-state index contributed by atoms with van der Waals surface area (Å²) in [4.78, 5) is 0. The Kier molecular flexibility index (Phi) is 24.6. The molecule has 0 rings (SSSR count). The van der Waals surface area contributed by atoms with Gasteiger partial charge in [-0.15, -0.1) is 0 Å². The normalized spacial score (nSPS) is 4.50. The molecule has 0 amide bonds. The van der Waals surface area contributed by atoms with Gasteiger partial charge in [0.15, 0.2) is 0 Å². The summed E-state index contributed by atoms with van der Waals surface area (Å²) in [5, 5.41) is 21.5. The summed E-state index contributed by atoms with van der Waals surface area (Å²) in [5.74, 6) is 0. The Balaban J connectivity index is -0.0000000450. The van der Waals surface area contributed by atoms with Crippen LogP contribution >= 0.6 is 0 Å². The molecular weight excluding hydrogens is 173 g/mol. The Hall–Kier alpha value is 0.958. The van der Waals surface area contributed by atoms with Crippen molar-refractivity contribution in [3.8, 4) is 0 Å². The molecule has 3 N–H and O–H groups in total. The fraction of sp³-hybridized carbons (Fsp3) is 0. The molecule has 0 aromatic heterocycles. The molecule has 0 heterocycles. The van der Waals surface area contributed by atoms with Crippen molar-refractivity contribution in [3.63, 3.8) is 0 Å². The molecular formula is H3BFeNiO3. The van der Waals surface area contributed by atoms with Crippen molar-refractivity contribution in [2.45, 2.75) is 0 Å². The van der Waals surface area contributed by atoms with Gasteiger partial charge in [0.25, 0.3) is 0 Å². The molecule has 0 aliphatic heterocycles. The zero-order valence-corrected chi connectivity index (χ0v) is 4.68. The molecule has 6 heteroatoms. The summed E-state index contributed by atoms with van der Waals surface area (Å²) in [5.41, 5.74) is 0. The molecule has 0 spiro atoms.